The van der Waals surface area contributed by atoms with E-state index in [0.717, 1.165) is 24.4 Å². The molecule has 0 radical (unpaired) electrons. The number of hydrogen-bond donors (Lipinski definition) is 1. The summed E-state index contributed by atoms with van der Waals surface area (Å²) in [6.07, 6.45) is 2.41. The zero-order valence-electron chi connectivity index (χ0n) is 8.53. The van der Waals surface area contributed by atoms with Crippen molar-refractivity contribution in [3.63, 3.8) is 0 Å². The number of hydrogen-bond acceptors (Lipinski definition) is 4. The topological polar surface area (TPSA) is 61.0 Å². The van der Waals surface area contributed by atoms with Gasteiger partial charge in [0.05, 0.1) is 6.10 Å². The van der Waals surface area contributed by atoms with Crippen LogP contribution >= 0.6 is 0 Å². The summed E-state index contributed by atoms with van der Waals surface area (Å²) in [6, 6.07) is 1.77. The monoisotopic (exact) mass is 193 g/mol. The van der Waals surface area contributed by atoms with E-state index in [1.807, 2.05) is 6.92 Å². The average Bonchev–Trinajstić information content (AvgIpc) is 2.50. The molecule has 2 N–H and O–H groups in total. The zero-order valence-corrected chi connectivity index (χ0v) is 8.53. The van der Waals surface area contributed by atoms with Crippen molar-refractivity contribution in [1.82, 2.24) is 9.97 Å². The number of anilines is 1. The van der Waals surface area contributed by atoms with Gasteiger partial charge in [0.25, 0.3) is 0 Å². The summed E-state index contributed by atoms with van der Waals surface area (Å²) in [5, 5.41) is 0. The first-order valence-electron chi connectivity index (χ1n) is 4.91. The maximum absolute atomic E-state index is 5.68. The maximum atomic E-state index is 5.68. The molecular weight excluding hydrogens is 178 g/mol. The van der Waals surface area contributed by atoms with Crippen LogP contribution in [0, 0.1) is 6.92 Å². The summed E-state index contributed by atoms with van der Waals surface area (Å²) < 4.78 is 5.68. The van der Waals surface area contributed by atoms with Crippen LogP contribution in [0.3, 0.4) is 0 Å². The first kappa shape index (κ1) is 9.40. The van der Waals surface area contributed by atoms with Crippen LogP contribution in [0.4, 0.5) is 5.82 Å². The molecule has 0 saturated carbocycles. The molecule has 2 rings (SSSR count). The molecule has 2 atom stereocenters. The molecule has 14 heavy (non-hydrogen) atoms. The second-order valence-corrected chi connectivity index (χ2v) is 3.81. The van der Waals surface area contributed by atoms with Crippen molar-refractivity contribution in [2.75, 3.05) is 5.73 Å². The van der Waals surface area contributed by atoms with E-state index in [9.17, 15) is 0 Å². The SMILES string of the molecule is Cc1cc(N)nc(C2CCC(C)O2)n1. The first-order chi connectivity index (χ1) is 6.65. The number of ether oxygens (including phenoxy) is 1. The molecule has 1 fully saturated rings. The Morgan fingerprint density at radius 3 is 2.79 bits per heavy atom. The fourth-order valence-electron chi connectivity index (χ4n) is 1.75. The van der Waals surface area contributed by atoms with Gasteiger partial charge in [-0.2, -0.15) is 0 Å². The highest BCUT2D eigenvalue weighted by molar-refractivity contribution is 5.29. The lowest BCUT2D eigenvalue weighted by Crippen LogP contribution is -2.08. The Labute approximate surface area is 83.5 Å². The van der Waals surface area contributed by atoms with Gasteiger partial charge in [-0.1, -0.05) is 0 Å². The van der Waals surface area contributed by atoms with Crippen molar-refractivity contribution in [3.05, 3.63) is 17.6 Å². The van der Waals surface area contributed by atoms with Crippen LogP contribution in [0.1, 0.15) is 37.4 Å². The minimum Gasteiger partial charge on any atom is -0.384 e. The molecule has 1 saturated heterocycles. The van der Waals surface area contributed by atoms with Gasteiger partial charge in [0, 0.05) is 11.8 Å². The van der Waals surface area contributed by atoms with Crippen molar-refractivity contribution in [3.8, 4) is 0 Å². The Kier molecular flexibility index (Phi) is 2.37. The number of nitrogens with two attached hydrogens (primary N) is 1. The van der Waals surface area contributed by atoms with E-state index >= 15 is 0 Å². The van der Waals surface area contributed by atoms with Crippen LogP contribution in [0.15, 0.2) is 6.07 Å². The van der Waals surface area contributed by atoms with Crippen molar-refractivity contribution in [2.24, 2.45) is 0 Å². The molecule has 4 nitrogen and oxygen atoms in total. The quantitative estimate of drug-likeness (QED) is 0.736. The second kappa shape index (κ2) is 3.53. The third-order valence-corrected chi connectivity index (χ3v) is 2.41. The number of nitrogens with zero attached hydrogens (tertiary/aromatic N) is 2. The number of rotatable bonds is 1. The van der Waals surface area contributed by atoms with Crippen LogP contribution in [0.25, 0.3) is 0 Å². The van der Waals surface area contributed by atoms with Gasteiger partial charge < -0.3 is 10.5 Å². The molecule has 0 amide bonds. The van der Waals surface area contributed by atoms with E-state index in [1.54, 1.807) is 6.07 Å². The summed E-state index contributed by atoms with van der Waals surface area (Å²) in [4.78, 5) is 8.53. The molecule has 4 heteroatoms. The van der Waals surface area contributed by atoms with Crippen molar-refractivity contribution < 1.29 is 4.74 Å². The average molecular weight is 193 g/mol. The van der Waals surface area contributed by atoms with Crippen molar-refractivity contribution in [1.29, 1.82) is 0 Å². The molecule has 1 aliphatic heterocycles. The second-order valence-electron chi connectivity index (χ2n) is 3.81. The third-order valence-electron chi connectivity index (χ3n) is 2.41. The largest absolute Gasteiger partial charge is 0.384 e. The lowest BCUT2D eigenvalue weighted by molar-refractivity contribution is 0.0503. The predicted molar refractivity (Wildman–Crippen MR) is 53.7 cm³/mol. The Hall–Kier alpha value is -1.16. The fraction of sp³-hybridized carbons (Fsp3) is 0.600. The normalized spacial score (nSPS) is 26.7. The molecule has 2 heterocycles. The summed E-state index contributed by atoms with van der Waals surface area (Å²) in [5.74, 6) is 1.25. The molecule has 0 spiro atoms. The summed E-state index contributed by atoms with van der Waals surface area (Å²) >= 11 is 0. The molecular formula is C10H15N3O. The fourth-order valence-corrected chi connectivity index (χ4v) is 1.75. The lowest BCUT2D eigenvalue weighted by atomic mass is 10.2. The van der Waals surface area contributed by atoms with Gasteiger partial charge in [-0.05, 0) is 26.7 Å². The van der Waals surface area contributed by atoms with Crippen LogP contribution in [-0.2, 0) is 4.74 Å². The first-order valence-corrected chi connectivity index (χ1v) is 4.91. The van der Waals surface area contributed by atoms with Crippen LogP contribution in [0.2, 0.25) is 0 Å². The van der Waals surface area contributed by atoms with Gasteiger partial charge in [0.15, 0.2) is 5.82 Å². The Bertz CT molecular complexity index is 320. The number of nitrogen functional groups attached to an aromatic ring is 1. The molecule has 1 aromatic rings. The van der Waals surface area contributed by atoms with Crippen LogP contribution < -0.4 is 5.73 Å². The Balaban J connectivity index is 2.23. The Morgan fingerprint density at radius 1 is 1.43 bits per heavy atom. The van der Waals surface area contributed by atoms with Crippen molar-refractivity contribution in [2.45, 2.75) is 38.9 Å². The van der Waals surface area contributed by atoms with Gasteiger partial charge >= 0.3 is 0 Å². The standard InChI is InChI=1S/C10H15N3O/c1-6-5-9(11)13-10(12-6)8-4-3-7(2)14-8/h5,7-8H,3-4H2,1-2H3,(H2,11,12,13). The molecule has 0 aromatic carbocycles. The van der Waals surface area contributed by atoms with E-state index < -0.39 is 0 Å². The van der Waals surface area contributed by atoms with Gasteiger partial charge in [0.2, 0.25) is 0 Å². The minimum atomic E-state index is 0.0344. The highest BCUT2D eigenvalue weighted by Gasteiger charge is 2.25. The van der Waals surface area contributed by atoms with E-state index in [1.165, 1.54) is 0 Å². The summed E-state index contributed by atoms with van der Waals surface area (Å²) in [7, 11) is 0. The van der Waals surface area contributed by atoms with Gasteiger partial charge in [-0.15, -0.1) is 0 Å². The molecule has 76 valence electrons. The number of aryl methyl sites for hydroxylation is 1. The highest BCUT2D eigenvalue weighted by Crippen LogP contribution is 2.30. The molecule has 1 aromatic heterocycles. The van der Waals surface area contributed by atoms with Crippen LogP contribution in [-0.4, -0.2) is 16.1 Å². The third kappa shape index (κ3) is 1.85. The summed E-state index contributed by atoms with van der Waals surface area (Å²) in [5.41, 5.74) is 6.55. The molecule has 2 unspecified atom stereocenters. The smallest absolute Gasteiger partial charge is 0.159 e. The summed E-state index contributed by atoms with van der Waals surface area (Å²) in [6.45, 7) is 3.99. The Morgan fingerprint density at radius 2 is 2.21 bits per heavy atom. The number of aromatic nitrogens is 2. The molecule has 0 aliphatic carbocycles. The molecule has 1 aliphatic rings. The maximum Gasteiger partial charge on any atom is 0.159 e. The predicted octanol–water partition coefficient (Wildman–Crippen LogP) is 1.61. The molecule has 0 bridgehead atoms. The lowest BCUT2D eigenvalue weighted by Gasteiger charge is -2.10. The minimum absolute atomic E-state index is 0.0344. The van der Waals surface area contributed by atoms with E-state index in [0.29, 0.717) is 11.9 Å². The highest BCUT2D eigenvalue weighted by atomic mass is 16.5. The van der Waals surface area contributed by atoms with Gasteiger partial charge in [0.1, 0.15) is 11.9 Å². The van der Waals surface area contributed by atoms with E-state index in [2.05, 4.69) is 16.9 Å². The van der Waals surface area contributed by atoms with Gasteiger partial charge in [-0.25, -0.2) is 9.97 Å². The van der Waals surface area contributed by atoms with E-state index in [-0.39, 0.29) is 6.10 Å². The van der Waals surface area contributed by atoms with Crippen LogP contribution in [0.5, 0.6) is 0 Å². The zero-order chi connectivity index (χ0) is 10.1. The van der Waals surface area contributed by atoms with E-state index in [4.69, 9.17) is 10.5 Å². The van der Waals surface area contributed by atoms with Crippen molar-refractivity contribution >= 4 is 5.82 Å². The van der Waals surface area contributed by atoms with Gasteiger partial charge in [-0.3, -0.25) is 0 Å².